The van der Waals surface area contributed by atoms with E-state index in [1.807, 2.05) is 4.90 Å². The number of halogens is 1. The van der Waals surface area contributed by atoms with E-state index in [1.54, 1.807) is 25.4 Å². The SMILES string of the molecule is COC(=O)C(C)CN(C(=O)c1cncc(Br)c1)C1CCCC1. The van der Waals surface area contributed by atoms with Crippen molar-refractivity contribution < 1.29 is 14.3 Å². The Morgan fingerprint density at radius 2 is 2.09 bits per heavy atom. The van der Waals surface area contributed by atoms with Crippen molar-refractivity contribution in [3.05, 3.63) is 28.5 Å². The maximum atomic E-state index is 12.8. The molecule has 0 aromatic carbocycles. The highest BCUT2D eigenvalue weighted by Crippen LogP contribution is 2.26. The smallest absolute Gasteiger partial charge is 0.310 e. The molecule has 1 aromatic heterocycles. The molecule has 1 aliphatic carbocycles. The zero-order valence-corrected chi connectivity index (χ0v) is 14.5. The summed E-state index contributed by atoms with van der Waals surface area (Å²) in [4.78, 5) is 30.4. The third kappa shape index (κ3) is 4.06. The van der Waals surface area contributed by atoms with Crippen molar-refractivity contribution in [1.29, 1.82) is 0 Å². The van der Waals surface area contributed by atoms with Crippen LogP contribution in [0.3, 0.4) is 0 Å². The van der Waals surface area contributed by atoms with Crippen molar-refractivity contribution >= 4 is 27.8 Å². The number of aromatic nitrogens is 1. The van der Waals surface area contributed by atoms with Crippen molar-refractivity contribution in [2.24, 2.45) is 5.92 Å². The predicted octanol–water partition coefficient (Wildman–Crippen LogP) is 3.04. The molecule has 0 saturated heterocycles. The highest BCUT2D eigenvalue weighted by Gasteiger charge is 2.30. The zero-order valence-electron chi connectivity index (χ0n) is 12.9. The van der Waals surface area contributed by atoms with Gasteiger partial charge in [-0.15, -0.1) is 0 Å². The second-order valence-corrected chi connectivity index (χ2v) is 6.63. The Bertz CT molecular complexity index is 544. The molecule has 0 N–H and O–H groups in total. The number of nitrogens with zero attached hydrogens (tertiary/aromatic N) is 2. The molecule has 2 rings (SSSR count). The van der Waals surface area contributed by atoms with E-state index in [9.17, 15) is 9.59 Å². The normalized spacial score (nSPS) is 16.3. The van der Waals surface area contributed by atoms with Gasteiger partial charge in [0.05, 0.1) is 18.6 Å². The van der Waals surface area contributed by atoms with E-state index in [2.05, 4.69) is 20.9 Å². The van der Waals surface area contributed by atoms with Crippen LogP contribution in [0.2, 0.25) is 0 Å². The lowest BCUT2D eigenvalue weighted by atomic mass is 10.1. The molecule has 1 aliphatic rings. The highest BCUT2D eigenvalue weighted by molar-refractivity contribution is 9.10. The van der Waals surface area contributed by atoms with Crippen molar-refractivity contribution in [2.75, 3.05) is 13.7 Å². The van der Waals surface area contributed by atoms with Crippen LogP contribution in [0.1, 0.15) is 43.0 Å². The molecule has 1 aromatic rings. The van der Waals surface area contributed by atoms with Crippen LogP contribution in [0, 0.1) is 5.92 Å². The minimum atomic E-state index is -0.338. The largest absolute Gasteiger partial charge is 0.469 e. The number of carbonyl (C=O) groups is 2. The molecule has 0 aliphatic heterocycles. The van der Waals surface area contributed by atoms with E-state index in [4.69, 9.17) is 4.74 Å². The van der Waals surface area contributed by atoms with Crippen LogP contribution in [0.25, 0.3) is 0 Å². The van der Waals surface area contributed by atoms with Gasteiger partial charge in [-0.3, -0.25) is 14.6 Å². The molecule has 0 bridgehead atoms. The average Bonchev–Trinajstić information content (AvgIpc) is 3.05. The lowest BCUT2D eigenvalue weighted by Gasteiger charge is -2.31. The molecule has 0 radical (unpaired) electrons. The minimum absolute atomic E-state index is 0.0727. The molecule has 1 amide bonds. The van der Waals surface area contributed by atoms with Crippen LogP contribution < -0.4 is 0 Å². The number of methoxy groups -OCH3 is 1. The van der Waals surface area contributed by atoms with Crippen molar-refractivity contribution in [3.8, 4) is 0 Å². The van der Waals surface area contributed by atoms with Gasteiger partial charge in [0.2, 0.25) is 0 Å². The molecule has 5 nitrogen and oxygen atoms in total. The number of hydrogen-bond donors (Lipinski definition) is 0. The monoisotopic (exact) mass is 368 g/mol. The van der Waals surface area contributed by atoms with Gasteiger partial charge in [0.15, 0.2) is 0 Å². The van der Waals surface area contributed by atoms with Gasteiger partial charge in [0, 0.05) is 29.5 Å². The summed E-state index contributed by atoms with van der Waals surface area (Å²) in [5.74, 6) is -0.700. The van der Waals surface area contributed by atoms with Crippen LogP contribution in [-0.2, 0) is 9.53 Å². The molecule has 1 unspecified atom stereocenters. The topological polar surface area (TPSA) is 59.5 Å². The van der Waals surface area contributed by atoms with Gasteiger partial charge >= 0.3 is 5.97 Å². The standard InChI is InChI=1S/C16H21BrN2O3/c1-11(16(21)22-2)10-19(14-5-3-4-6-14)15(20)12-7-13(17)9-18-8-12/h7-9,11,14H,3-6,10H2,1-2H3. The van der Waals surface area contributed by atoms with Gasteiger partial charge in [0.1, 0.15) is 0 Å². The third-order valence-electron chi connectivity index (χ3n) is 4.05. The van der Waals surface area contributed by atoms with Crippen LogP contribution in [-0.4, -0.2) is 41.5 Å². The fourth-order valence-electron chi connectivity index (χ4n) is 2.88. The predicted molar refractivity (Wildman–Crippen MR) is 86.4 cm³/mol. The summed E-state index contributed by atoms with van der Waals surface area (Å²) in [5, 5.41) is 0. The fourth-order valence-corrected chi connectivity index (χ4v) is 3.24. The minimum Gasteiger partial charge on any atom is -0.469 e. The summed E-state index contributed by atoms with van der Waals surface area (Å²) in [7, 11) is 1.37. The van der Waals surface area contributed by atoms with Crippen molar-refractivity contribution in [1.82, 2.24) is 9.88 Å². The lowest BCUT2D eigenvalue weighted by molar-refractivity contribution is -0.145. The summed E-state index contributed by atoms with van der Waals surface area (Å²) in [6.07, 6.45) is 7.43. The lowest BCUT2D eigenvalue weighted by Crippen LogP contribution is -2.43. The van der Waals surface area contributed by atoms with Gasteiger partial charge < -0.3 is 9.64 Å². The zero-order chi connectivity index (χ0) is 16.1. The Kier molecular flexibility index (Phi) is 5.94. The molecule has 120 valence electrons. The van der Waals surface area contributed by atoms with Gasteiger partial charge in [0.25, 0.3) is 5.91 Å². The first-order valence-corrected chi connectivity index (χ1v) is 8.31. The quantitative estimate of drug-likeness (QED) is 0.749. The van der Waals surface area contributed by atoms with Crippen molar-refractivity contribution in [3.63, 3.8) is 0 Å². The summed E-state index contributed by atoms with van der Waals surface area (Å²) in [6.45, 7) is 2.17. The molecule has 1 fully saturated rings. The number of ether oxygens (including phenoxy) is 1. The van der Waals surface area contributed by atoms with Crippen LogP contribution in [0.15, 0.2) is 22.9 Å². The number of rotatable bonds is 5. The second kappa shape index (κ2) is 7.72. The molecule has 6 heteroatoms. The summed E-state index contributed by atoms with van der Waals surface area (Å²) < 4.78 is 5.55. The maximum absolute atomic E-state index is 12.8. The number of hydrogen-bond acceptors (Lipinski definition) is 4. The molecule has 22 heavy (non-hydrogen) atoms. The average molecular weight is 369 g/mol. The van der Waals surface area contributed by atoms with E-state index in [0.29, 0.717) is 12.1 Å². The van der Waals surface area contributed by atoms with E-state index < -0.39 is 0 Å². The molecule has 0 spiro atoms. The van der Waals surface area contributed by atoms with Crippen molar-refractivity contribution in [2.45, 2.75) is 38.6 Å². The van der Waals surface area contributed by atoms with Crippen LogP contribution >= 0.6 is 15.9 Å². The van der Waals surface area contributed by atoms with Gasteiger partial charge in [-0.1, -0.05) is 19.8 Å². The highest BCUT2D eigenvalue weighted by atomic mass is 79.9. The Hall–Kier alpha value is -1.43. The van der Waals surface area contributed by atoms with Gasteiger partial charge in [-0.2, -0.15) is 0 Å². The molecule has 1 saturated carbocycles. The Morgan fingerprint density at radius 3 is 2.68 bits per heavy atom. The fraction of sp³-hybridized carbons (Fsp3) is 0.562. The van der Waals surface area contributed by atoms with E-state index >= 15 is 0 Å². The maximum Gasteiger partial charge on any atom is 0.310 e. The Morgan fingerprint density at radius 1 is 1.41 bits per heavy atom. The number of amides is 1. The summed E-state index contributed by atoms with van der Waals surface area (Å²) in [5.41, 5.74) is 0.540. The third-order valence-corrected chi connectivity index (χ3v) is 4.49. The Balaban J connectivity index is 2.19. The van der Waals surface area contributed by atoms with E-state index in [-0.39, 0.29) is 23.8 Å². The second-order valence-electron chi connectivity index (χ2n) is 5.71. The first-order valence-electron chi connectivity index (χ1n) is 7.52. The number of esters is 1. The molecule has 1 atom stereocenters. The first kappa shape index (κ1) is 16.9. The molecular formula is C16H21BrN2O3. The number of carbonyl (C=O) groups excluding carboxylic acids is 2. The van der Waals surface area contributed by atoms with Gasteiger partial charge in [-0.05, 0) is 34.8 Å². The van der Waals surface area contributed by atoms with Crippen LogP contribution in [0.4, 0.5) is 0 Å². The Labute approximate surface area is 139 Å². The molecule has 1 heterocycles. The summed E-state index contributed by atoms with van der Waals surface area (Å²) in [6, 6.07) is 1.96. The van der Waals surface area contributed by atoms with E-state index in [0.717, 1.165) is 30.2 Å². The first-order chi connectivity index (χ1) is 10.5. The summed E-state index contributed by atoms with van der Waals surface area (Å²) >= 11 is 3.34. The number of pyridine rings is 1. The van der Waals surface area contributed by atoms with Gasteiger partial charge in [-0.25, -0.2) is 0 Å². The van der Waals surface area contributed by atoms with Crippen LogP contribution in [0.5, 0.6) is 0 Å². The molecular weight excluding hydrogens is 348 g/mol. The van der Waals surface area contributed by atoms with E-state index in [1.165, 1.54) is 7.11 Å².